The summed E-state index contributed by atoms with van der Waals surface area (Å²) in [5.41, 5.74) is 5.64. The molecule has 0 aromatic rings. The predicted octanol–water partition coefficient (Wildman–Crippen LogP) is -1.49. The molecule has 3 amide bonds. The molecular weight excluding hydrogens is 372 g/mol. The summed E-state index contributed by atoms with van der Waals surface area (Å²) in [6.07, 6.45) is 0.601. The number of nitrogens with zero attached hydrogens (tertiary/aromatic N) is 1. The van der Waals surface area contributed by atoms with Gasteiger partial charge in [0.25, 0.3) is 0 Å². The van der Waals surface area contributed by atoms with Gasteiger partial charge in [-0.3, -0.25) is 19.2 Å². The molecule has 28 heavy (non-hydrogen) atoms. The van der Waals surface area contributed by atoms with E-state index in [9.17, 15) is 24.0 Å². The van der Waals surface area contributed by atoms with Crippen LogP contribution in [0.5, 0.6) is 0 Å². The van der Waals surface area contributed by atoms with Crippen molar-refractivity contribution in [1.29, 1.82) is 0 Å². The average Bonchev–Trinajstić information content (AvgIpc) is 3.11. The molecule has 0 aliphatic carbocycles. The van der Waals surface area contributed by atoms with Crippen LogP contribution in [0.2, 0.25) is 0 Å². The molecule has 1 saturated heterocycles. The van der Waals surface area contributed by atoms with E-state index in [2.05, 4.69) is 10.6 Å². The van der Waals surface area contributed by atoms with E-state index in [1.807, 2.05) is 0 Å². The summed E-state index contributed by atoms with van der Waals surface area (Å²) in [6.45, 7) is 3.31. The summed E-state index contributed by atoms with van der Waals surface area (Å²) in [4.78, 5) is 59.6. The number of carbonyl (C=O) groups excluding carboxylic acids is 3. The highest BCUT2D eigenvalue weighted by atomic mass is 16.4. The van der Waals surface area contributed by atoms with Crippen LogP contribution in [0.15, 0.2) is 0 Å². The Kier molecular flexibility index (Phi) is 8.83. The third kappa shape index (κ3) is 6.80. The first-order chi connectivity index (χ1) is 13.0. The van der Waals surface area contributed by atoms with Crippen LogP contribution in [0, 0.1) is 5.92 Å². The topological polar surface area (TPSA) is 179 Å². The molecule has 1 heterocycles. The molecule has 6 N–H and O–H groups in total. The quantitative estimate of drug-likeness (QED) is 0.294. The fourth-order valence-corrected chi connectivity index (χ4v) is 2.90. The lowest BCUT2D eigenvalue weighted by molar-refractivity contribution is -0.148. The largest absolute Gasteiger partial charge is 0.481 e. The van der Waals surface area contributed by atoms with Crippen molar-refractivity contribution < 1.29 is 34.2 Å². The maximum Gasteiger partial charge on any atom is 0.326 e. The lowest BCUT2D eigenvalue weighted by atomic mass is 10.0. The van der Waals surface area contributed by atoms with Gasteiger partial charge < -0.3 is 31.5 Å². The first-order valence-electron chi connectivity index (χ1n) is 9.12. The van der Waals surface area contributed by atoms with Crippen LogP contribution in [0.3, 0.4) is 0 Å². The van der Waals surface area contributed by atoms with Crippen molar-refractivity contribution in [3.8, 4) is 0 Å². The number of rotatable bonds is 10. The van der Waals surface area contributed by atoms with E-state index in [1.54, 1.807) is 13.8 Å². The van der Waals surface area contributed by atoms with Crippen molar-refractivity contribution in [2.45, 2.75) is 57.7 Å². The van der Waals surface area contributed by atoms with Crippen LogP contribution in [0.25, 0.3) is 0 Å². The molecule has 3 atom stereocenters. The maximum absolute atomic E-state index is 12.4. The zero-order chi connectivity index (χ0) is 21.4. The normalized spacial score (nSPS) is 18.4. The number of carboxylic acid groups (broad SMARTS) is 2. The minimum absolute atomic E-state index is 0.0718. The van der Waals surface area contributed by atoms with Gasteiger partial charge in [-0.25, -0.2) is 4.79 Å². The molecule has 0 aromatic carbocycles. The summed E-state index contributed by atoms with van der Waals surface area (Å²) in [7, 11) is 0. The molecule has 0 saturated carbocycles. The van der Waals surface area contributed by atoms with E-state index in [0.29, 0.717) is 19.4 Å². The van der Waals surface area contributed by atoms with Crippen molar-refractivity contribution in [3.63, 3.8) is 0 Å². The first kappa shape index (κ1) is 23.3. The van der Waals surface area contributed by atoms with Gasteiger partial charge in [0.1, 0.15) is 12.1 Å². The van der Waals surface area contributed by atoms with E-state index in [4.69, 9.17) is 15.9 Å². The lowest BCUT2D eigenvalue weighted by Gasteiger charge is -2.25. The second-order valence-electron chi connectivity index (χ2n) is 7.07. The number of nitrogens with one attached hydrogen (secondary N) is 2. The number of amides is 3. The Hall–Kier alpha value is -2.69. The number of carboxylic acids is 2. The average molecular weight is 400 g/mol. The number of carbonyl (C=O) groups is 5. The molecular formula is C17H28N4O7. The highest BCUT2D eigenvalue weighted by Crippen LogP contribution is 2.17. The minimum atomic E-state index is -1.08. The van der Waals surface area contributed by atoms with Crippen LogP contribution >= 0.6 is 0 Å². The molecule has 158 valence electrons. The van der Waals surface area contributed by atoms with E-state index < -0.39 is 47.8 Å². The molecule has 1 aliphatic rings. The third-order valence-electron chi connectivity index (χ3n) is 4.52. The van der Waals surface area contributed by atoms with E-state index >= 15 is 0 Å². The van der Waals surface area contributed by atoms with Crippen molar-refractivity contribution >= 4 is 29.7 Å². The van der Waals surface area contributed by atoms with E-state index in [1.165, 1.54) is 4.90 Å². The van der Waals surface area contributed by atoms with Crippen LogP contribution < -0.4 is 16.4 Å². The molecule has 1 aliphatic heterocycles. The SMILES string of the molecule is CC(C)C(NC(=O)C(N)CCC(=O)O)C(=O)NCC(=O)N1CCCC1C(=O)O. The van der Waals surface area contributed by atoms with Crippen molar-refractivity contribution in [2.24, 2.45) is 11.7 Å². The van der Waals surface area contributed by atoms with Gasteiger partial charge in [-0.2, -0.15) is 0 Å². The molecule has 3 unspecified atom stereocenters. The number of hydrogen-bond donors (Lipinski definition) is 5. The zero-order valence-corrected chi connectivity index (χ0v) is 16.0. The molecule has 1 fully saturated rings. The van der Waals surface area contributed by atoms with E-state index in [0.717, 1.165) is 0 Å². The second-order valence-corrected chi connectivity index (χ2v) is 7.07. The lowest BCUT2D eigenvalue weighted by Crippen LogP contribution is -2.55. The monoisotopic (exact) mass is 400 g/mol. The van der Waals surface area contributed by atoms with Gasteiger partial charge in [-0.15, -0.1) is 0 Å². The Morgan fingerprint density at radius 1 is 1.14 bits per heavy atom. The molecule has 0 aromatic heterocycles. The summed E-state index contributed by atoms with van der Waals surface area (Å²) in [5.74, 6) is -4.25. The maximum atomic E-state index is 12.4. The zero-order valence-electron chi connectivity index (χ0n) is 16.0. The Morgan fingerprint density at radius 3 is 2.32 bits per heavy atom. The summed E-state index contributed by atoms with van der Waals surface area (Å²) in [6, 6.07) is -2.94. The summed E-state index contributed by atoms with van der Waals surface area (Å²) in [5, 5.41) is 22.7. The first-order valence-corrected chi connectivity index (χ1v) is 9.12. The van der Waals surface area contributed by atoms with E-state index in [-0.39, 0.29) is 25.3 Å². The molecule has 0 bridgehead atoms. The fourth-order valence-electron chi connectivity index (χ4n) is 2.90. The fraction of sp³-hybridized carbons (Fsp3) is 0.706. The number of aliphatic carboxylic acids is 2. The molecule has 11 heteroatoms. The van der Waals surface area contributed by atoms with Gasteiger partial charge in [0, 0.05) is 13.0 Å². The van der Waals surface area contributed by atoms with Gasteiger partial charge >= 0.3 is 11.9 Å². The highest BCUT2D eigenvalue weighted by Gasteiger charge is 2.34. The number of nitrogens with two attached hydrogens (primary N) is 1. The van der Waals surface area contributed by atoms with Gasteiger partial charge in [-0.05, 0) is 25.2 Å². The van der Waals surface area contributed by atoms with Crippen LogP contribution in [0.4, 0.5) is 0 Å². The Morgan fingerprint density at radius 2 is 1.79 bits per heavy atom. The van der Waals surface area contributed by atoms with Crippen LogP contribution in [0.1, 0.15) is 39.5 Å². The standard InChI is InChI=1S/C17H28N4O7/c1-9(2)14(20-15(25)10(18)5-6-13(23)24)16(26)19-8-12(22)21-7-3-4-11(21)17(27)28/h9-11,14H,3-8,18H2,1-2H3,(H,19,26)(H,20,25)(H,23,24)(H,27,28). The summed E-state index contributed by atoms with van der Waals surface area (Å²) < 4.78 is 0. The van der Waals surface area contributed by atoms with Gasteiger partial charge in [0.15, 0.2) is 0 Å². The molecule has 0 spiro atoms. The Labute approximate surface area is 162 Å². The Bertz CT molecular complexity index is 623. The summed E-state index contributed by atoms with van der Waals surface area (Å²) >= 11 is 0. The highest BCUT2D eigenvalue weighted by molar-refractivity contribution is 5.93. The third-order valence-corrected chi connectivity index (χ3v) is 4.52. The van der Waals surface area contributed by atoms with Crippen molar-refractivity contribution in [2.75, 3.05) is 13.1 Å². The van der Waals surface area contributed by atoms with Gasteiger partial charge in [0.2, 0.25) is 17.7 Å². The van der Waals surface area contributed by atoms with Crippen LogP contribution in [-0.2, 0) is 24.0 Å². The number of likely N-dealkylation sites (tertiary alicyclic amines) is 1. The van der Waals surface area contributed by atoms with Gasteiger partial charge in [0.05, 0.1) is 12.6 Å². The van der Waals surface area contributed by atoms with Crippen molar-refractivity contribution in [1.82, 2.24) is 15.5 Å². The molecule has 1 rings (SSSR count). The Balaban J connectivity index is 2.60. The van der Waals surface area contributed by atoms with Crippen LogP contribution in [-0.4, -0.2) is 76.0 Å². The smallest absolute Gasteiger partial charge is 0.326 e. The molecule has 11 nitrogen and oxygen atoms in total. The molecule has 0 radical (unpaired) electrons. The predicted molar refractivity (Wildman–Crippen MR) is 97.0 cm³/mol. The van der Waals surface area contributed by atoms with Gasteiger partial charge in [-0.1, -0.05) is 13.8 Å². The minimum Gasteiger partial charge on any atom is -0.481 e. The van der Waals surface area contributed by atoms with Crippen molar-refractivity contribution in [3.05, 3.63) is 0 Å². The second kappa shape index (κ2) is 10.6. The number of hydrogen-bond acceptors (Lipinski definition) is 6.